The van der Waals surface area contributed by atoms with Crippen LogP contribution in [0, 0.1) is 17.8 Å². The van der Waals surface area contributed by atoms with Crippen LogP contribution in [0.4, 0.5) is 0 Å². The molecule has 2 aliphatic carbocycles. The summed E-state index contributed by atoms with van der Waals surface area (Å²) in [5.41, 5.74) is 7.88. The SMILES string of the molecule is NCc1cccc(CNC(=O)CC2CC3CCC2C3)c1. The lowest BCUT2D eigenvalue weighted by Crippen LogP contribution is -2.27. The van der Waals surface area contributed by atoms with Crippen LogP contribution in [0.3, 0.4) is 0 Å². The maximum absolute atomic E-state index is 12.1. The normalized spacial score (nSPS) is 27.8. The molecule has 3 atom stereocenters. The zero-order valence-corrected chi connectivity index (χ0v) is 12.0. The Balaban J connectivity index is 1.47. The lowest BCUT2D eigenvalue weighted by Gasteiger charge is -2.20. The van der Waals surface area contributed by atoms with Crippen molar-refractivity contribution in [2.75, 3.05) is 0 Å². The summed E-state index contributed by atoms with van der Waals surface area (Å²) in [6.45, 7) is 1.17. The molecule has 2 saturated carbocycles. The first-order valence-corrected chi connectivity index (χ1v) is 7.79. The molecule has 0 saturated heterocycles. The van der Waals surface area contributed by atoms with Gasteiger partial charge in [0.05, 0.1) is 0 Å². The largest absolute Gasteiger partial charge is 0.352 e. The zero-order chi connectivity index (χ0) is 13.9. The van der Waals surface area contributed by atoms with E-state index >= 15 is 0 Å². The smallest absolute Gasteiger partial charge is 0.220 e. The van der Waals surface area contributed by atoms with Crippen LogP contribution in [0.15, 0.2) is 24.3 Å². The van der Waals surface area contributed by atoms with Gasteiger partial charge in [-0.15, -0.1) is 0 Å². The minimum absolute atomic E-state index is 0.209. The zero-order valence-electron chi connectivity index (χ0n) is 12.0. The van der Waals surface area contributed by atoms with Crippen LogP contribution in [0.2, 0.25) is 0 Å². The van der Waals surface area contributed by atoms with Crippen molar-refractivity contribution in [3.05, 3.63) is 35.4 Å². The average Bonchev–Trinajstić information content (AvgIpc) is 3.08. The number of nitrogens with two attached hydrogens (primary N) is 1. The predicted molar refractivity (Wildman–Crippen MR) is 79.7 cm³/mol. The Morgan fingerprint density at radius 2 is 2.10 bits per heavy atom. The summed E-state index contributed by atoms with van der Waals surface area (Å²) in [7, 11) is 0. The van der Waals surface area contributed by atoms with E-state index in [-0.39, 0.29) is 5.91 Å². The molecule has 20 heavy (non-hydrogen) atoms. The van der Waals surface area contributed by atoms with Gasteiger partial charge < -0.3 is 11.1 Å². The molecule has 0 radical (unpaired) electrons. The number of benzene rings is 1. The molecule has 0 heterocycles. The maximum Gasteiger partial charge on any atom is 0.220 e. The first-order chi connectivity index (χ1) is 9.74. The lowest BCUT2D eigenvalue weighted by atomic mass is 9.86. The van der Waals surface area contributed by atoms with Crippen LogP contribution >= 0.6 is 0 Å². The summed E-state index contributed by atoms with van der Waals surface area (Å²) in [6, 6.07) is 8.12. The van der Waals surface area contributed by atoms with Gasteiger partial charge >= 0.3 is 0 Å². The maximum atomic E-state index is 12.1. The van der Waals surface area contributed by atoms with E-state index in [1.165, 1.54) is 25.7 Å². The highest BCUT2D eigenvalue weighted by molar-refractivity contribution is 5.76. The molecule has 3 unspecified atom stereocenters. The lowest BCUT2D eigenvalue weighted by molar-refractivity contribution is -0.122. The van der Waals surface area contributed by atoms with Gasteiger partial charge in [0.1, 0.15) is 0 Å². The van der Waals surface area contributed by atoms with Crippen molar-refractivity contribution in [2.45, 2.75) is 45.2 Å². The number of carbonyl (C=O) groups is 1. The van der Waals surface area contributed by atoms with E-state index in [9.17, 15) is 4.79 Å². The van der Waals surface area contributed by atoms with E-state index < -0.39 is 0 Å². The monoisotopic (exact) mass is 272 g/mol. The molecule has 3 rings (SSSR count). The van der Waals surface area contributed by atoms with Crippen LogP contribution in [0.25, 0.3) is 0 Å². The molecule has 1 aromatic carbocycles. The number of nitrogens with one attached hydrogen (secondary N) is 1. The van der Waals surface area contributed by atoms with Crippen LogP contribution in [0.5, 0.6) is 0 Å². The first-order valence-electron chi connectivity index (χ1n) is 7.79. The fraction of sp³-hybridized carbons (Fsp3) is 0.588. The quantitative estimate of drug-likeness (QED) is 0.865. The Hall–Kier alpha value is -1.35. The summed E-state index contributed by atoms with van der Waals surface area (Å²) in [5, 5.41) is 3.06. The van der Waals surface area contributed by atoms with Gasteiger partial charge in [0.2, 0.25) is 5.91 Å². The van der Waals surface area contributed by atoms with Crippen LogP contribution < -0.4 is 11.1 Å². The van der Waals surface area contributed by atoms with Crippen LogP contribution in [-0.2, 0) is 17.9 Å². The molecular weight excluding hydrogens is 248 g/mol. The number of fused-ring (bicyclic) bond motifs is 2. The Kier molecular flexibility index (Phi) is 4.06. The van der Waals surface area contributed by atoms with E-state index in [0.29, 0.717) is 19.0 Å². The van der Waals surface area contributed by atoms with Gasteiger partial charge in [-0.1, -0.05) is 30.7 Å². The molecule has 3 N–H and O–H groups in total. The second kappa shape index (κ2) is 5.96. The van der Waals surface area contributed by atoms with Crippen molar-refractivity contribution >= 4 is 5.91 Å². The van der Waals surface area contributed by atoms with Gasteiger partial charge in [0, 0.05) is 19.5 Å². The molecule has 0 spiro atoms. The van der Waals surface area contributed by atoms with Crippen LogP contribution in [-0.4, -0.2) is 5.91 Å². The van der Waals surface area contributed by atoms with E-state index in [2.05, 4.69) is 11.4 Å². The number of rotatable bonds is 5. The Bertz CT molecular complexity index is 486. The van der Waals surface area contributed by atoms with Crippen LogP contribution in [0.1, 0.15) is 43.2 Å². The van der Waals surface area contributed by atoms with Crippen molar-refractivity contribution in [3.8, 4) is 0 Å². The number of hydrogen-bond acceptors (Lipinski definition) is 2. The molecule has 2 aliphatic rings. The third-order valence-electron chi connectivity index (χ3n) is 5.05. The summed E-state index contributed by atoms with van der Waals surface area (Å²) in [4.78, 5) is 12.1. The molecule has 3 heteroatoms. The Labute approximate surface area is 120 Å². The predicted octanol–water partition coefficient (Wildman–Crippen LogP) is 2.59. The van der Waals surface area contributed by atoms with E-state index in [4.69, 9.17) is 5.73 Å². The molecule has 2 fully saturated rings. The molecular formula is C17H24N2O. The molecule has 3 nitrogen and oxygen atoms in total. The summed E-state index contributed by atoms with van der Waals surface area (Å²) < 4.78 is 0. The van der Waals surface area contributed by atoms with Gasteiger partial charge in [-0.2, -0.15) is 0 Å². The Morgan fingerprint density at radius 3 is 2.80 bits per heavy atom. The molecule has 108 valence electrons. The van der Waals surface area contributed by atoms with Gasteiger partial charge in [-0.05, 0) is 48.1 Å². The van der Waals surface area contributed by atoms with Gasteiger partial charge in [-0.25, -0.2) is 0 Å². The minimum atomic E-state index is 0.209. The third kappa shape index (κ3) is 3.04. The van der Waals surface area contributed by atoms with E-state index in [1.807, 2.05) is 18.2 Å². The number of hydrogen-bond donors (Lipinski definition) is 2. The minimum Gasteiger partial charge on any atom is -0.352 e. The fourth-order valence-electron chi connectivity index (χ4n) is 4.00. The summed E-state index contributed by atoms with van der Waals surface area (Å²) in [5.74, 6) is 2.59. The highest BCUT2D eigenvalue weighted by Crippen LogP contribution is 2.49. The highest BCUT2D eigenvalue weighted by atomic mass is 16.1. The average molecular weight is 272 g/mol. The van der Waals surface area contributed by atoms with E-state index in [0.717, 1.165) is 29.4 Å². The third-order valence-corrected chi connectivity index (χ3v) is 5.05. The second-order valence-electron chi connectivity index (χ2n) is 6.44. The van der Waals surface area contributed by atoms with Crippen molar-refractivity contribution in [1.82, 2.24) is 5.32 Å². The van der Waals surface area contributed by atoms with E-state index in [1.54, 1.807) is 0 Å². The molecule has 2 bridgehead atoms. The molecule has 1 amide bonds. The van der Waals surface area contributed by atoms with Crippen molar-refractivity contribution in [1.29, 1.82) is 0 Å². The molecule has 0 aromatic heterocycles. The molecule has 0 aliphatic heterocycles. The van der Waals surface area contributed by atoms with Crippen molar-refractivity contribution in [3.63, 3.8) is 0 Å². The van der Waals surface area contributed by atoms with Gasteiger partial charge in [0.15, 0.2) is 0 Å². The van der Waals surface area contributed by atoms with Gasteiger partial charge in [-0.3, -0.25) is 4.79 Å². The molecule has 1 aromatic rings. The highest BCUT2D eigenvalue weighted by Gasteiger charge is 2.39. The fourth-order valence-corrected chi connectivity index (χ4v) is 4.00. The first kappa shape index (κ1) is 13.6. The van der Waals surface area contributed by atoms with Crippen molar-refractivity contribution < 1.29 is 4.79 Å². The second-order valence-corrected chi connectivity index (χ2v) is 6.44. The number of amides is 1. The summed E-state index contributed by atoms with van der Waals surface area (Å²) >= 11 is 0. The topological polar surface area (TPSA) is 55.1 Å². The summed E-state index contributed by atoms with van der Waals surface area (Å²) in [6.07, 6.45) is 6.12. The number of carbonyl (C=O) groups excluding carboxylic acids is 1. The standard InChI is InChI=1S/C17H24N2O/c18-10-13-2-1-3-14(6-13)11-19-17(20)9-16-8-12-4-5-15(16)7-12/h1-3,6,12,15-16H,4-5,7-11,18H2,(H,19,20). The van der Waals surface area contributed by atoms with Crippen molar-refractivity contribution in [2.24, 2.45) is 23.5 Å². The Morgan fingerprint density at radius 1 is 1.25 bits per heavy atom. The van der Waals surface area contributed by atoms with Gasteiger partial charge in [0.25, 0.3) is 0 Å².